The van der Waals surface area contributed by atoms with E-state index in [0.29, 0.717) is 21.4 Å². The largest absolute Gasteiger partial charge is 0.238 e. The third-order valence-corrected chi connectivity index (χ3v) is 4.03. The van der Waals surface area contributed by atoms with Crippen molar-refractivity contribution < 1.29 is 12.9 Å². The van der Waals surface area contributed by atoms with Gasteiger partial charge in [0.2, 0.25) is 10.0 Å². The average molecular weight is 290 g/mol. The van der Waals surface area contributed by atoms with E-state index < -0.39 is 10.0 Å². The van der Waals surface area contributed by atoms with Crippen LogP contribution in [0.3, 0.4) is 0 Å². The molecule has 0 unspecified atom stereocenters. The Bertz CT molecular complexity index is 886. The van der Waals surface area contributed by atoms with E-state index in [2.05, 4.69) is 0 Å². The van der Waals surface area contributed by atoms with Gasteiger partial charge in [-0.3, -0.25) is 0 Å². The number of sulfonamides is 1. The first-order valence-corrected chi connectivity index (χ1v) is 7.41. The summed E-state index contributed by atoms with van der Waals surface area (Å²) in [5, 5.41) is 5.67. The van der Waals surface area contributed by atoms with Crippen molar-refractivity contribution in [3.05, 3.63) is 54.6 Å². The maximum absolute atomic E-state index is 14.4. The molecule has 0 radical (unpaired) electrons. The number of fused-ring (bicyclic) bond motifs is 1. The average Bonchev–Trinajstić information content (AvgIpc) is 2.76. The maximum Gasteiger partial charge on any atom is 0.238 e. The second-order valence-electron chi connectivity index (χ2n) is 4.44. The van der Waals surface area contributed by atoms with Gasteiger partial charge in [0.1, 0.15) is 0 Å². The van der Waals surface area contributed by atoms with Crippen LogP contribution >= 0.6 is 0 Å². The summed E-state index contributed by atoms with van der Waals surface area (Å²) in [6.07, 6.45) is 0. The van der Waals surface area contributed by atoms with Crippen LogP contribution in [0.5, 0.6) is 0 Å². The zero-order valence-electron chi connectivity index (χ0n) is 10.3. The molecule has 2 aromatic carbocycles. The summed E-state index contributed by atoms with van der Waals surface area (Å²) in [6.45, 7) is 0. The van der Waals surface area contributed by atoms with Crippen molar-refractivity contribution in [3.63, 3.8) is 0 Å². The Morgan fingerprint density at radius 2 is 1.70 bits per heavy atom. The first-order chi connectivity index (χ1) is 9.47. The Balaban J connectivity index is 2.26. The van der Waals surface area contributed by atoms with Gasteiger partial charge in [-0.15, -0.1) is 0 Å². The lowest BCUT2D eigenvalue weighted by molar-refractivity contribution is 0.393. The van der Waals surface area contributed by atoms with Gasteiger partial charge in [0.15, 0.2) is 0 Å². The monoisotopic (exact) mass is 290 g/mol. The second-order valence-corrected chi connectivity index (χ2v) is 6.00. The van der Waals surface area contributed by atoms with Crippen molar-refractivity contribution in [2.45, 2.75) is 4.90 Å². The molecule has 0 amide bonds. The Labute approximate surface area is 115 Å². The van der Waals surface area contributed by atoms with Crippen LogP contribution in [0.4, 0.5) is 4.48 Å². The van der Waals surface area contributed by atoms with Crippen molar-refractivity contribution in [2.24, 2.45) is 5.14 Å². The molecule has 0 spiro atoms. The topological polar surface area (TPSA) is 65.1 Å². The molecule has 0 fully saturated rings. The van der Waals surface area contributed by atoms with Gasteiger partial charge in [0.25, 0.3) is 0 Å². The lowest BCUT2D eigenvalue weighted by Crippen LogP contribution is -2.11. The molecule has 0 aliphatic heterocycles. The predicted octanol–water partition coefficient (Wildman–Crippen LogP) is 2.69. The van der Waals surface area contributed by atoms with Crippen molar-refractivity contribution >= 4 is 20.9 Å². The van der Waals surface area contributed by atoms with Gasteiger partial charge in [-0.25, -0.2) is 13.6 Å². The summed E-state index contributed by atoms with van der Waals surface area (Å²) in [5.74, 6) is 0. The van der Waals surface area contributed by atoms with Crippen LogP contribution in [-0.2, 0) is 10.0 Å². The third kappa shape index (κ3) is 2.09. The minimum atomic E-state index is -3.85. The van der Waals surface area contributed by atoms with Crippen LogP contribution in [0, 0.1) is 0 Å². The number of primary sulfonamides is 1. The predicted molar refractivity (Wildman–Crippen MR) is 75.3 cm³/mol. The van der Waals surface area contributed by atoms with Crippen molar-refractivity contribution in [2.75, 3.05) is 0 Å². The first kappa shape index (κ1) is 12.8. The summed E-state index contributed by atoms with van der Waals surface area (Å²) in [6, 6.07) is 14.8. The molecule has 4 nitrogen and oxygen atoms in total. The van der Waals surface area contributed by atoms with Gasteiger partial charge in [0.05, 0.1) is 16.1 Å². The van der Waals surface area contributed by atoms with Crippen LogP contribution in [0.1, 0.15) is 0 Å². The quantitative estimate of drug-likeness (QED) is 0.788. The fourth-order valence-electron chi connectivity index (χ4n) is 2.13. The van der Waals surface area contributed by atoms with Gasteiger partial charge in [0, 0.05) is 10.9 Å². The number of nitrogens with zero attached hydrogens (tertiary/aromatic N) is 1. The van der Waals surface area contributed by atoms with E-state index in [-0.39, 0.29) is 10.4 Å². The Morgan fingerprint density at radius 1 is 1.00 bits per heavy atom. The molecule has 0 atom stereocenters. The van der Waals surface area contributed by atoms with E-state index in [1.807, 2.05) is 18.2 Å². The molecule has 1 aromatic heterocycles. The molecule has 0 aliphatic rings. The molecule has 3 aromatic rings. The Kier molecular flexibility index (Phi) is 2.84. The van der Waals surface area contributed by atoms with Gasteiger partial charge < -0.3 is 0 Å². The van der Waals surface area contributed by atoms with Crippen molar-refractivity contribution in [1.29, 1.82) is 0 Å². The molecule has 102 valence electrons. The zero-order valence-corrected chi connectivity index (χ0v) is 11.1. The van der Waals surface area contributed by atoms with Crippen molar-refractivity contribution in [1.82, 2.24) is 4.79 Å². The van der Waals surface area contributed by atoms with E-state index >= 15 is 0 Å². The summed E-state index contributed by atoms with van der Waals surface area (Å²) in [5.41, 5.74) is 1.26. The van der Waals surface area contributed by atoms with Crippen LogP contribution in [-0.4, -0.2) is 13.2 Å². The number of aromatic nitrogens is 1. The molecule has 0 bridgehead atoms. The van der Waals surface area contributed by atoms with E-state index in [1.165, 1.54) is 18.2 Å². The van der Waals surface area contributed by atoms with Crippen molar-refractivity contribution in [3.8, 4) is 11.3 Å². The number of nitrogens with two attached hydrogens (primary N) is 1. The smallest absolute Gasteiger partial charge is 0.225 e. The van der Waals surface area contributed by atoms with Gasteiger partial charge >= 0.3 is 0 Å². The van der Waals surface area contributed by atoms with E-state index in [4.69, 9.17) is 5.14 Å². The normalized spacial score (nSPS) is 11.9. The van der Waals surface area contributed by atoms with E-state index in [1.54, 1.807) is 18.2 Å². The van der Waals surface area contributed by atoms with Crippen LogP contribution in [0.25, 0.3) is 22.2 Å². The highest BCUT2D eigenvalue weighted by molar-refractivity contribution is 7.89. The summed E-state index contributed by atoms with van der Waals surface area (Å²) in [4.78, 5) is 0.362. The van der Waals surface area contributed by atoms with Gasteiger partial charge in [-0.1, -0.05) is 40.9 Å². The number of rotatable bonds is 2. The van der Waals surface area contributed by atoms with Gasteiger partial charge in [-0.2, -0.15) is 4.79 Å². The fourth-order valence-corrected chi connectivity index (χ4v) is 2.67. The Morgan fingerprint density at radius 3 is 2.35 bits per heavy atom. The molecule has 2 N–H and O–H groups in total. The second kappa shape index (κ2) is 4.43. The van der Waals surface area contributed by atoms with E-state index in [0.717, 1.165) is 0 Å². The SMILES string of the molecule is NS(=O)(=O)c1ccc2cc(-c3ccccc3)n(F)c2c1. The molecule has 6 heteroatoms. The molecule has 1 heterocycles. The van der Waals surface area contributed by atoms with Crippen LogP contribution in [0.2, 0.25) is 0 Å². The third-order valence-electron chi connectivity index (χ3n) is 3.12. The zero-order chi connectivity index (χ0) is 14.3. The highest BCUT2D eigenvalue weighted by atomic mass is 32.2. The minimum Gasteiger partial charge on any atom is -0.225 e. The molecule has 0 aliphatic carbocycles. The minimum absolute atomic E-state index is 0.110. The highest BCUT2D eigenvalue weighted by Gasteiger charge is 2.14. The number of benzene rings is 2. The number of hydrogen-bond acceptors (Lipinski definition) is 2. The fraction of sp³-hybridized carbons (Fsp3) is 0. The molecule has 0 saturated heterocycles. The van der Waals surface area contributed by atoms with E-state index in [9.17, 15) is 12.9 Å². The van der Waals surface area contributed by atoms with Gasteiger partial charge in [-0.05, 0) is 18.2 Å². The maximum atomic E-state index is 14.4. The number of hydrogen-bond donors (Lipinski definition) is 1. The lowest BCUT2D eigenvalue weighted by atomic mass is 10.1. The molecule has 20 heavy (non-hydrogen) atoms. The molecular formula is C14H11FN2O2S. The Hall–Kier alpha value is -2.18. The highest BCUT2D eigenvalue weighted by Crippen LogP contribution is 2.29. The molecular weight excluding hydrogens is 279 g/mol. The number of halogens is 1. The first-order valence-electron chi connectivity index (χ1n) is 5.87. The molecule has 0 saturated carbocycles. The van der Waals surface area contributed by atoms with Crippen LogP contribution in [0.15, 0.2) is 59.5 Å². The summed E-state index contributed by atoms with van der Waals surface area (Å²) < 4.78 is 37.0. The lowest BCUT2D eigenvalue weighted by Gasteiger charge is -2.01. The summed E-state index contributed by atoms with van der Waals surface area (Å²) >= 11 is 0. The summed E-state index contributed by atoms with van der Waals surface area (Å²) in [7, 11) is -3.85. The molecule has 3 rings (SSSR count). The standard InChI is InChI=1S/C14H11FN2O2S/c15-17-13(10-4-2-1-3-5-10)8-11-6-7-12(9-14(11)17)20(16,18)19/h1-9H,(H2,16,18,19). The van der Waals surface area contributed by atoms with Crippen LogP contribution < -0.4 is 5.14 Å².